The Morgan fingerprint density at radius 2 is 1.55 bits per heavy atom. The predicted octanol–water partition coefficient (Wildman–Crippen LogP) is 3.20. The van der Waals surface area contributed by atoms with E-state index in [0.717, 1.165) is 38.3 Å². The Balaban J connectivity index is 1.26. The lowest BCUT2D eigenvalue weighted by atomic mass is 10.1. The number of amides is 1. The molecule has 4 rings (SSSR count). The van der Waals surface area contributed by atoms with Crippen LogP contribution >= 0.6 is 0 Å². The molecule has 31 heavy (non-hydrogen) atoms. The quantitative estimate of drug-likeness (QED) is 0.683. The van der Waals surface area contributed by atoms with Gasteiger partial charge in [0.05, 0.1) is 6.54 Å². The van der Waals surface area contributed by atoms with E-state index in [0.29, 0.717) is 26.2 Å². The average Bonchev–Trinajstić information content (AvgIpc) is 3.31. The highest BCUT2D eigenvalue weighted by atomic mass is 19.1. The summed E-state index contributed by atoms with van der Waals surface area (Å²) in [5.41, 5.74) is 3.31. The van der Waals surface area contributed by atoms with Crippen LogP contribution < -0.4 is 4.90 Å². The molecule has 0 atom stereocenters. The third kappa shape index (κ3) is 5.63. The number of carbonyl (C=O) groups excluding carboxylic acids is 1. The van der Waals surface area contributed by atoms with Crippen molar-refractivity contribution in [2.45, 2.75) is 25.9 Å². The van der Waals surface area contributed by atoms with E-state index in [4.69, 9.17) is 0 Å². The number of likely N-dealkylation sites (N-methyl/N-ethyl adjacent to an activating group) is 1. The van der Waals surface area contributed by atoms with Crippen LogP contribution in [0.15, 0.2) is 48.5 Å². The molecule has 166 valence electrons. The molecule has 0 spiro atoms. The van der Waals surface area contributed by atoms with Gasteiger partial charge in [-0.1, -0.05) is 36.4 Å². The van der Waals surface area contributed by atoms with Crippen molar-refractivity contribution in [3.8, 4) is 0 Å². The number of carbonyl (C=O) groups is 1. The molecule has 2 fully saturated rings. The van der Waals surface area contributed by atoms with Crippen molar-refractivity contribution >= 4 is 11.6 Å². The van der Waals surface area contributed by atoms with E-state index in [1.54, 1.807) is 6.07 Å². The number of hydrogen-bond donors (Lipinski definition) is 0. The Labute approximate surface area is 185 Å². The normalized spacial score (nSPS) is 17.5. The molecule has 0 aromatic heterocycles. The SMILES string of the molecule is CN(CC(=O)N1CCN(Cc2ccccc2F)CC1)Cc1ccccc1N1CCCC1. The summed E-state index contributed by atoms with van der Waals surface area (Å²) >= 11 is 0. The Morgan fingerprint density at radius 1 is 0.903 bits per heavy atom. The first kappa shape index (κ1) is 21.8. The summed E-state index contributed by atoms with van der Waals surface area (Å²) in [4.78, 5) is 21.6. The average molecular weight is 425 g/mol. The van der Waals surface area contributed by atoms with Crippen LogP contribution in [-0.2, 0) is 17.9 Å². The van der Waals surface area contributed by atoms with E-state index < -0.39 is 0 Å². The fraction of sp³-hybridized carbons (Fsp3) is 0.480. The zero-order valence-corrected chi connectivity index (χ0v) is 18.5. The lowest BCUT2D eigenvalue weighted by Crippen LogP contribution is -2.50. The molecule has 2 heterocycles. The number of halogens is 1. The number of piperazine rings is 1. The van der Waals surface area contributed by atoms with Crippen LogP contribution in [0.5, 0.6) is 0 Å². The van der Waals surface area contributed by atoms with Gasteiger partial charge in [-0.2, -0.15) is 0 Å². The number of benzene rings is 2. The molecular weight excluding hydrogens is 391 g/mol. The summed E-state index contributed by atoms with van der Waals surface area (Å²) in [6.45, 7) is 6.99. The fourth-order valence-electron chi connectivity index (χ4n) is 4.61. The highest BCUT2D eigenvalue weighted by Gasteiger charge is 2.23. The highest BCUT2D eigenvalue weighted by Crippen LogP contribution is 2.25. The van der Waals surface area contributed by atoms with E-state index in [2.05, 4.69) is 39.0 Å². The molecule has 2 saturated heterocycles. The van der Waals surface area contributed by atoms with Gasteiger partial charge in [0.25, 0.3) is 0 Å². The first-order valence-electron chi connectivity index (χ1n) is 11.3. The number of hydrogen-bond acceptors (Lipinski definition) is 4. The van der Waals surface area contributed by atoms with Crippen LogP contribution in [0.1, 0.15) is 24.0 Å². The summed E-state index contributed by atoms with van der Waals surface area (Å²) in [5, 5.41) is 0. The Bertz CT molecular complexity index is 875. The van der Waals surface area contributed by atoms with Gasteiger partial charge in [0.1, 0.15) is 5.82 Å². The van der Waals surface area contributed by atoms with Gasteiger partial charge in [-0.25, -0.2) is 4.39 Å². The molecule has 6 heteroatoms. The van der Waals surface area contributed by atoms with Gasteiger partial charge >= 0.3 is 0 Å². The summed E-state index contributed by atoms with van der Waals surface area (Å²) < 4.78 is 13.9. The summed E-state index contributed by atoms with van der Waals surface area (Å²) in [6.07, 6.45) is 2.51. The molecule has 2 aliphatic heterocycles. The number of rotatable bonds is 7. The van der Waals surface area contributed by atoms with Crippen molar-refractivity contribution in [3.63, 3.8) is 0 Å². The molecular formula is C25H33FN4O. The highest BCUT2D eigenvalue weighted by molar-refractivity contribution is 5.78. The third-order valence-electron chi connectivity index (χ3n) is 6.36. The van der Waals surface area contributed by atoms with Crippen molar-refractivity contribution in [1.82, 2.24) is 14.7 Å². The number of nitrogens with zero attached hydrogens (tertiary/aromatic N) is 4. The first-order chi connectivity index (χ1) is 15.1. The van der Waals surface area contributed by atoms with Gasteiger partial charge < -0.3 is 9.80 Å². The lowest BCUT2D eigenvalue weighted by molar-refractivity contribution is -0.134. The van der Waals surface area contributed by atoms with Gasteiger partial charge in [0.15, 0.2) is 0 Å². The zero-order chi connectivity index (χ0) is 21.6. The van der Waals surface area contributed by atoms with Crippen LogP contribution in [0.2, 0.25) is 0 Å². The van der Waals surface area contributed by atoms with E-state index >= 15 is 0 Å². The van der Waals surface area contributed by atoms with Gasteiger partial charge in [-0.15, -0.1) is 0 Å². The maximum absolute atomic E-state index is 13.9. The smallest absolute Gasteiger partial charge is 0.236 e. The fourth-order valence-corrected chi connectivity index (χ4v) is 4.61. The molecule has 0 unspecified atom stereocenters. The zero-order valence-electron chi connectivity index (χ0n) is 18.5. The largest absolute Gasteiger partial charge is 0.371 e. The maximum Gasteiger partial charge on any atom is 0.236 e. The monoisotopic (exact) mass is 424 g/mol. The van der Waals surface area contributed by atoms with E-state index in [1.165, 1.54) is 30.2 Å². The minimum absolute atomic E-state index is 0.156. The number of para-hydroxylation sites is 1. The van der Waals surface area contributed by atoms with E-state index in [-0.39, 0.29) is 11.7 Å². The molecule has 0 bridgehead atoms. The van der Waals surface area contributed by atoms with Crippen molar-refractivity contribution < 1.29 is 9.18 Å². The van der Waals surface area contributed by atoms with Crippen LogP contribution in [0, 0.1) is 5.82 Å². The second-order valence-electron chi connectivity index (χ2n) is 8.74. The molecule has 2 aliphatic rings. The molecule has 0 N–H and O–H groups in total. The Morgan fingerprint density at radius 3 is 2.26 bits per heavy atom. The van der Waals surface area contributed by atoms with Crippen molar-refractivity contribution in [2.75, 3.05) is 57.8 Å². The van der Waals surface area contributed by atoms with Crippen LogP contribution in [0.4, 0.5) is 10.1 Å². The second kappa shape index (κ2) is 10.2. The third-order valence-corrected chi connectivity index (χ3v) is 6.36. The first-order valence-corrected chi connectivity index (χ1v) is 11.3. The minimum Gasteiger partial charge on any atom is -0.371 e. The standard InChI is InChI=1S/C25H33FN4O/c1-27(18-22-9-3-5-11-24(22)29-12-6-7-13-29)20-25(31)30-16-14-28(15-17-30)19-21-8-2-4-10-23(21)26/h2-5,8-11H,6-7,12-20H2,1H3. The molecule has 0 aliphatic carbocycles. The maximum atomic E-state index is 13.9. The number of anilines is 1. The van der Waals surface area contributed by atoms with Gasteiger partial charge in [-0.3, -0.25) is 14.6 Å². The molecule has 0 radical (unpaired) electrons. The Hall–Kier alpha value is -2.44. The van der Waals surface area contributed by atoms with Gasteiger partial charge in [-0.05, 0) is 37.6 Å². The molecule has 1 amide bonds. The summed E-state index contributed by atoms with van der Waals surface area (Å²) in [7, 11) is 2.02. The molecule has 0 saturated carbocycles. The van der Waals surface area contributed by atoms with Crippen LogP contribution in [0.3, 0.4) is 0 Å². The predicted molar refractivity (Wildman–Crippen MR) is 122 cm³/mol. The lowest BCUT2D eigenvalue weighted by Gasteiger charge is -2.35. The van der Waals surface area contributed by atoms with E-state index in [1.807, 2.05) is 24.1 Å². The molecule has 2 aromatic carbocycles. The summed E-state index contributed by atoms with van der Waals surface area (Å²) in [6, 6.07) is 15.5. The second-order valence-corrected chi connectivity index (χ2v) is 8.74. The van der Waals surface area contributed by atoms with Crippen molar-refractivity contribution in [3.05, 3.63) is 65.5 Å². The topological polar surface area (TPSA) is 30.0 Å². The van der Waals surface area contributed by atoms with Crippen molar-refractivity contribution in [1.29, 1.82) is 0 Å². The van der Waals surface area contributed by atoms with Gasteiger partial charge in [0, 0.05) is 63.6 Å². The van der Waals surface area contributed by atoms with Crippen LogP contribution in [-0.4, -0.2) is 73.5 Å². The summed E-state index contributed by atoms with van der Waals surface area (Å²) in [5.74, 6) is 0.0172. The van der Waals surface area contributed by atoms with Crippen molar-refractivity contribution in [2.24, 2.45) is 0 Å². The van der Waals surface area contributed by atoms with Crippen LogP contribution in [0.25, 0.3) is 0 Å². The van der Waals surface area contributed by atoms with Gasteiger partial charge in [0.2, 0.25) is 5.91 Å². The molecule has 5 nitrogen and oxygen atoms in total. The minimum atomic E-state index is -0.156. The van der Waals surface area contributed by atoms with E-state index in [9.17, 15) is 9.18 Å². The molecule has 2 aromatic rings. The Kier molecular flexibility index (Phi) is 7.20.